The van der Waals surface area contributed by atoms with Crippen LogP contribution in [-0.2, 0) is 0 Å². The van der Waals surface area contributed by atoms with E-state index >= 15 is 0 Å². The summed E-state index contributed by atoms with van der Waals surface area (Å²) in [6.07, 6.45) is 0. The van der Waals surface area contributed by atoms with Crippen molar-refractivity contribution in [2.75, 3.05) is 0 Å². The molecule has 0 atom stereocenters. The number of rotatable bonds is 2. The van der Waals surface area contributed by atoms with Gasteiger partial charge in [-0.15, -0.1) is 0 Å². The van der Waals surface area contributed by atoms with E-state index in [0.717, 1.165) is 10.5 Å². The molecule has 0 spiro atoms. The maximum absolute atomic E-state index is 6.52. The van der Waals surface area contributed by atoms with Crippen LogP contribution in [-0.4, -0.2) is 0 Å². The van der Waals surface area contributed by atoms with Crippen molar-refractivity contribution < 1.29 is 4.42 Å². The Morgan fingerprint density at radius 3 is 1.70 bits per heavy atom. The van der Waals surface area contributed by atoms with Crippen molar-refractivity contribution in [1.29, 1.82) is 0 Å². The summed E-state index contributed by atoms with van der Waals surface area (Å²) >= 11 is 1.73. The van der Waals surface area contributed by atoms with Gasteiger partial charge in [-0.25, -0.2) is 0 Å². The van der Waals surface area contributed by atoms with Crippen molar-refractivity contribution in [3.63, 3.8) is 0 Å². The van der Waals surface area contributed by atoms with E-state index in [1.807, 2.05) is 0 Å². The van der Waals surface area contributed by atoms with E-state index in [4.69, 9.17) is 4.42 Å². The fraction of sp³-hybridized carbons (Fsp3) is 0. The van der Waals surface area contributed by atoms with Gasteiger partial charge in [-0.05, 0) is 89.6 Å². The van der Waals surface area contributed by atoms with Gasteiger partial charge in [0.1, 0.15) is 5.58 Å². The molecule has 44 heavy (non-hydrogen) atoms. The molecule has 8 aromatic carbocycles. The van der Waals surface area contributed by atoms with Crippen molar-refractivity contribution >= 4 is 85.8 Å². The van der Waals surface area contributed by atoms with Gasteiger partial charge in [-0.1, -0.05) is 133 Å². The van der Waals surface area contributed by atoms with E-state index in [9.17, 15) is 0 Å². The Hall–Kier alpha value is -5.44. The highest BCUT2D eigenvalue weighted by Gasteiger charge is 2.20. The molecule has 0 aliphatic rings. The van der Waals surface area contributed by atoms with E-state index in [2.05, 4.69) is 146 Å². The number of hydrogen-bond acceptors (Lipinski definition) is 2. The molecule has 10 rings (SSSR count). The minimum Gasteiger partial charge on any atom is -0.445 e. The summed E-state index contributed by atoms with van der Waals surface area (Å²) in [5.41, 5.74) is 5.91. The van der Waals surface area contributed by atoms with Gasteiger partial charge in [-0.2, -0.15) is 0 Å². The summed E-state index contributed by atoms with van der Waals surface area (Å²) < 4.78 is 7.79. The smallest absolute Gasteiger partial charge is 0.190 e. The van der Waals surface area contributed by atoms with E-state index in [0.29, 0.717) is 0 Å². The van der Waals surface area contributed by atoms with Crippen LogP contribution in [0, 0.1) is 0 Å². The highest BCUT2D eigenvalue weighted by molar-refractivity contribution is 7.25. The fourth-order valence-corrected chi connectivity index (χ4v) is 8.49. The Morgan fingerprint density at radius 1 is 0.409 bits per heavy atom. The van der Waals surface area contributed by atoms with E-state index in [1.54, 1.807) is 11.3 Å². The third-order valence-corrected chi connectivity index (χ3v) is 10.3. The van der Waals surface area contributed by atoms with Gasteiger partial charge in [0.15, 0.2) is 4.90 Å². The molecule has 0 radical (unpaired) electrons. The molecule has 0 unspecified atom stereocenters. The van der Waals surface area contributed by atoms with E-state index in [1.165, 1.54) is 86.2 Å². The van der Waals surface area contributed by atoms with Crippen LogP contribution in [0.5, 0.6) is 0 Å². The third kappa shape index (κ3) is 3.29. The van der Waals surface area contributed by atoms with Crippen molar-refractivity contribution in [3.8, 4) is 22.3 Å². The Balaban J connectivity index is 1.31. The third-order valence-electron chi connectivity index (χ3n) is 9.27. The molecule has 0 aliphatic heterocycles. The predicted octanol–water partition coefficient (Wildman–Crippen LogP) is 12.7. The second-order valence-corrected chi connectivity index (χ2v) is 12.6. The van der Waals surface area contributed by atoms with Crippen molar-refractivity contribution in [2.45, 2.75) is 0 Å². The maximum atomic E-state index is 6.52. The second-order valence-electron chi connectivity index (χ2n) is 11.6. The van der Waals surface area contributed by atoms with Gasteiger partial charge in [-0.3, -0.25) is 0 Å². The first kappa shape index (κ1) is 24.0. The molecule has 0 fully saturated rings. The minimum absolute atomic E-state index is 0.937. The first-order valence-electron chi connectivity index (χ1n) is 15.0. The van der Waals surface area contributed by atoms with E-state index in [-0.39, 0.29) is 0 Å². The van der Waals surface area contributed by atoms with Crippen LogP contribution in [0.1, 0.15) is 0 Å². The zero-order valence-corrected chi connectivity index (χ0v) is 24.5. The van der Waals surface area contributed by atoms with Gasteiger partial charge >= 0.3 is 0 Å². The lowest BCUT2D eigenvalue weighted by Crippen LogP contribution is -1.92. The minimum atomic E-state index is 0.937. The second kappa shape index (κ2) is 9.03. The molecule has 0 saturated heterocycles. The quantitative estimate of drug-likeness (QED) is 0.147. The van der Waals surface area contributed by atoms with Crippen LogP contribution >= 0.6 is 11.3 Å². The van der Waals surface area contributed by atoms with Crippen LogP contribution in [0.15, 0.2) is 150 Å². The van der Waals surface area contributed by atoms with Crippen LogP contribution < -0.4 is 0 Å². The lowest BCUT2D eigenvalue weighted by Gasteiger charge is -2.19. The zero-order valence-electron chi connectivity index (χ0n) is 23.7. The van der Waals surface area contributed by atoms with Crippen molar-refractivity contribution in [3.05, 3.63) is 146 Å². The Kier molecular flexibility index (Phi) is 4.94. The van der Waals surface area contributed by atoms with Gasteiger partial charge in [0.25, 0.3) is 0 Å². The Morgan fingerprint density at radius 2 is 0.977 bits per heavy atom. The Bertz CT molecular complexity index is 2720. The summed E-state index contributed by atoms with van der Waals surface area (Å²) in [6.45, 7) is 0. The highest BCUT2D eigenvalue weighted by atomic mass is 32.1. The predicted molar refractivity (Wildman–Crippen MR) is 190 cm³/mol. The molecule has 0 saturated carbocycles. The van der Waals surface area contributed by atoms with Crippen molar-refractivity contribution in [1.82, 2.24) is 0 Å². The zero-order chi connectivity index (χ0) is 28.8. The SMILES string of the molecule is c1ccc2c(c1)cc(-c1c3ccccc3c(-c3ccc4c(c3)oc3sc5ccccc5c34)c3ccccc13)c1ccccc12. The lowest BCUT2D eigenvalue weighted by atomic mass is 9.84. The van der Waals surface area contributed by atoms with Gasteiger partial charge in [0.05, 0.1) is 0 Å². The molecule has 10 aromatic rings. The molecule has 2 heteroatoms. The van der Waals surface area contributed by atoms with E-state index < -0.39 is 0 Å². The number of furan rings is 1. The van der Waals surface area contributed by atoms with Crippen LogP contribution in [0.3, 0.4) is 0 Å². The first-order valence-corrected chi connectivity index (χ1v) is 15.8. The van der Waals surface area contributed by atoms with Crippen LogP contribution in [0.25, 0.3) is 96.7 Å². The summed E-state index contributed by atoms with van der Waals surface area (Å²) in [6, 6.07) is 53.1. The lowest BCUT2D eigenvalue weighted by molar-refractivity contribution is 0.678. The van der Waals surface area contributed by atoms with Gasteiger partial charge in [0, 0.05) is 20.9 Å². The number of thiophene rings is 1. The van der Waals surface area contributed by atoms with Gasteiger partial charge < -0.3 is 4.42 Å². The molecule has 0 bridgehead atoms. The molecular formula is C42H24OS. The molecular weight excluding hydrogens is 553 g/mol. The summed E-state index contributed by atoms with van der Waals surface area (Å²) in [5, 5.41) is 13.8. The molecule has 0 amide bonds. The number of fused-ring (bicyclic) bond motifs is 10. The average molecular weight is 577 g/mol. The Labute approximate surface area is 257 Å². The molecule has 1 nitrogen and oxygen atoms in total. The standard InChI is InChI=1S/C42H24OS/c1-2-12-27-25(11-1)23-36(29-14-4-3-13-28(27)29)40-32-17-7-5-15-30(32)39(31-16-6-8-18-33(31)40)26-21-22-34-37(24-26)43-42-41(34)35-19-9-10-20-38(35)44-42/h1-24H. The number of benzene rings is 8. The van der Waals surface area contributed by atoms with Crippen LogP contribution in [0.4, 0.5) is 0 Å². The van der Waals surface area contributed by atoms with Crippen molar-refractivity contribution in [2.24, 2.45) is 0 Å². The molecule has 0 N–H and O–H groups in total. The monoisotopic (exact) mass is 576 g/mol. The fourth-order valence-electron chi connectivity index (χ4n) is 7.41. The first-order chi connectivity index (χ1) is 21.8. The van der Waals surface area contributed by atoms with Crippen LogP contribution in [0.2, 0.25) is 0 Å². The largest absolute Gasteiger partial charge is 0.445 e. The molecule has 0 aliphatic carbocycles. The molecule has 204 valence electrons. The highest BCUT2D eigenvalue weighted by Crippen LogP contribution is 2.48. The normalized spacial score (nSPS) is 12.1. The topological polar surface area (TPSA) is 13.1 Å². The van der Waals surface area contributed by atoms with Gasteiger partial charge in [0.2, 0.25) is 0 Å². The summed E-state index contributed by atoms with van der Waals surface area (Å²) in [4.78, 5) is 0.992. The average Bonchev–Trinajstić information content (AvgIpc) is 3.62. The number of hydrogen-bond donors (Lipinski definition) is 0. The molecule has 2 heterocycles. The summed E-state index contributed by atoms with van der Waals surface area (Å²) in [7, 11) is 0. The maximum Gasteiger partial charge on any atom is 0.190 e. The summed E-state index contributed by atoms with van der Waals surface area (Å²) in [5.74, 6) is 0. The molecule has 2 aromatic heterocycles.